The predicted octanol–water partition coefficient (Wildman–Crippen LogP) is 1.53. The minimum Gasteiger partial charge on any atom is -0.369 e. The van der Waals surface area contributed by atoms with Crippen LogP contribution in [-0.2, 0) is 22.6 Å². The third kappa shape index (κ3) is 2.72. The Hall–Kier alpha value is -1.36. The molecule has 1 saturated heterocycles. The molecule has 1 aliphatic heterocycles. The summed E-state index contributed by atoms with van der Waals surface area (Å²) in [6, 6.07) is 2.10. The van der Waals surface area contributed by atoms with E-state index in [1.165, 1.54) is 10.4 Å². The van der Waals surface area contributed by atoms with E-state index in [4.69, 9.17) is 5.73 Å². The summed E-state index contributed by atoms with van der Waals surface area (Å²) in [6.45, 7) is 3.19. The van der Waals surface area contributed by atoms with Gasteiger partial charge in [0.05, 0.1) is 12.5 Å². The first kappa shape index (κ1) is 13.1. The van der Waals surface area contributed by atoms with Crippen molar-refractivity contribution in [3.05, 3.63) is 21.9 Å². The van der Waals surface area contributed by atoms with Gasteiger partial charge in [-0.2, -0.15) is 0 Å². The Morgan fingerprint density at radius 2 is 2.39 bits per heavy atom. The van der Waals surface area contributed by atoms with Crippen molar-refractivity contribution in [2.75, 3.05) is 6.54 Å². The summed E-state index contributed by atoms with van der Waals surface area (Å²) >= 11 is 1.67. The highest BCUT2D eigenvalue weighted by Gasteiger charge is 2.29. The normalized spacial score (nSPS) is 20.2. The number of piperidine rings is 1. The molecule has 2 heterocycles. The van der Waals surface area contributed by atoms with Gasteiger partial charge >= 0.3 is 0 Å². The van der Waals surface area contributed by atoms with Crippen molar-refractivity contribution in [1.82, 2.24) is 4.90 Å². The highest BCUT2D eigenvalue weighted by Crippen LogP contribution is 2.24. The van der Waals surface area contributed by atoms with Crippen LogP contribution in [0.3, 0.4) is 0 Å². The van der Waals surface area contributed by atoms with Crippen molar-refractivity contribution >= 4 is 23.2 Å². The molecule has 0 unspecified atom stereocenters. The molecule has 0 aliphatic carbocycles. The fraction of sp³-hybridized carbons (Fsp3) is 0.538. The third-order valence-electron chi connectivity index (χ3n) is 3.46. The maximum absolute atomic E-state index is 11.9. The molecule has 18 heavy (non-hydrogen) atoms. The summed E-state index contributed by atoms with van der Waals surface area (Å²) in [5.74, 6) is -0.356. The molecular weight excluding hydrogens is 248 g/mol. The standard InChI is InChI=1S/C13H18N2O2S/c1-2-9-5-6-18-11(9)8-15-7-10(13(14)17)3-4-12(15)16/h5-6,10H,2-4,7-8H2,1H3,(H2,14,17)/t10-/m0/s1. The maximum Gasteiger partial charge on any atom is 0.222 e. The molecule has 1 aliphatic rings. The molecule has 1 aromatic rings. The summed E-state index contributed by atoms with van der Waals surface area (Å²) in [6.07, 6.45) is 2.00. The van der Waals surface area contributed by atoms with Crippen LogP contribution in [0, 0.1) is 5.92 Å². The molecule has 0 saturated carbocycles. The fourth-order valence-corrected chi connectivity index (χ4v) is 3.28. The van der Waals surface area contributed by atoms with Gasteiger partial charge in [0.15, 0.2) is 0 Å². The third-order valence-corrected chi connectivity index (χ3v) is 4.40. The van der Waals surface area contributed by atoms with E-state index in [1.54, 1.807) is 16.2 Å². The van der Waals surface area contributed by atoms with E-state index in [2.05, 4.69) is 13.0 Å². The van der Waals surface area contributed by atoms with Gasteiger partial charge < -0.3 is 10.6 Å². The van der Waals surface area contributed by atoms with Gasteiger partial charge in [0.2, 0.25) is 11.8 Å². The van der Waals surface area contributed by atoms with E-state index in [9.17, 15) is 9.59 Å². The van der Waals surface area contributed by atoms with E-state index in [0.717, 1.165) is 6.42 Å². The number of thiophene rings is 1. The van der Waals surface area contributed by atoms with Crippen LogP contribution in [0.25, 0.3) is 0 Å². The number of amides is 2. The van der Waals surface area contributed by atoms with Crippen LogP contribution >= 0.6 is 11.3 Å². The lowest BCUT2D eigenvalue weighted by molar-refractivity contribution is -0.138. The number of primary amides is 1. The predicted molar refractivity (Wildman–Crippen MR) is 71.0 cm³/mol. The van der Waals surface area contributed by atoms with Crippen molar-refractivity contribution < 1.29 is 9.59 Å². The number of rotatable bonds is 4. The van der Waals surface area contributed by atoms with Gasteiger partial charge in [-0.15, -0.1) is 11.3 Å². The van der Waals surface area contributed by atoms with E-state index in [1.807, 2.05) is 5.38 Å². The zero-order valence-electron chi connectivity index (χ0n) is 10.5. The summed E-state index contributed by atoms with van der Waals surface area (Å²) in [7, 11) is 0. The second-order valence-corrected chi connectivity index (χ2v) is 5.64. The molecule has 1 atom stereocenters. The molecule has 4 nitrogen and oxygen atoms in total. The molecule has 2 rings (SSSR count). The largest absolute Gasteiger partial charge is 0.369 e. The average Bonchev–Trinajstić information content (AvgIpc) is 2.79. The number of carbonyl (C=O) groups excluding carboxylic acids is 2. The Bertz CT molecular complexity index is 456. The van der Waals surface area contributed by atoms with Crippen LogP contribution in [-0.4, -0.2) is 23.3 Å². The molecule has 0 spiro atoms. The van der Waals surface area contributed by atoms with Crippen LogP contribution < -0.4 is 5.73 Å². The molecule has 0 radical (unpaired) electrons. The second-order valence-electron chi connectivity index (χ2n) is 4.63. The Morgan fingerprint density at radius 1 is 1.61 bits per heavy atom. The van der Waals surface area contributed by atoms with Crippen molar-refractivity contribution in [2.24, 2.45) is 11.7 Å². The first-order valence-corrected chi connectivity index (χ1v) is 7.12. The summed E-state index contributed by atoms with van der Waals surface area (Å²) in [5, 5.41) is 2.05. The SMILES string of the molecule is CCc1ccsc1CN1C[C@@H](C(N)=O)CCC1=O. The molecule has 0 bridgehead atoms. The number of likely N-dealkylation sites (tertiary alicyclic amines) is 1. The van der Waals surface area contributed by atoms with Gasteiger partial charge in [0, 0.05) is 17.8 Å². The molecule has 2 amide bonds. The topological polar surface area (TPSA) is 63.4 Å². The summed E-state index contributed by atoms with van der Waals surface area (Å²) < 4.78 is 0. The molecule has 1 fully saturated rings. The van der Waals surface area contributed by atoms with Crippen LogP contribution in [0.1, 0.15) is 30.2 Å². The summed E-state index contributed by atoms with van der Waals surface area (Å²) in [4.78, 5) is 26.1. The van der Waals surface area contributed by atoms with E-state index >= 15 is 0 Å². The minimum atomic E-state index is -0.297. The lowest BCUT2D eigenvalue weighted by Gasteiger charge is -2.31. The van der Waals surface area contributed by atoms with Crippen molar-refractivity contribution in [3.8, 4) is 0 Å². The van der Waals surface area contributed by atoms with Gasteiger partial charge in [-0.1, -0.05) is 6.92 Å². The van der Waals surface area contributed by atoms with Gasteiger partial charge in [0.1, 0.15) is 0 Å². The number of hydrogen-bond donors (Lipinski definition) is 1. The van der Waals surface area contributed by atoms with Gasteiger partial charge in [0.25, 0.3) is 0 Å². The van der Waals surface area contributed by atoms with Crippen LogP contribution in [0.5, 0.6) is 0 Å². The number of hydrogen-bond acceptors (Lipinski definition) is 3. The number of aryl methyl sites for hydroxylation is 1. The fourth-order valence-electron chi connectivity index (χ4n) is 2.29. The monoisotopic (exact) mass is 266 g/mol. The number of carbonyl (C=O) groups is 2. The quantitative estimate of drug-likeness (QED) is 0.898. The van der Waals surface area contributed by atoms with E-state index < -0.39 is 0 Å². The second kappa shape index (κ2) is 5.52. The van der Waals surface area contributed by atoms with E-state index in [0.29, 0.717) is 25.9 Å². The molecule has 2 N–H and O–H groups in total. The van der Waals surface area contributed by atoms with Crippen molar-refractivity contribution in [2.45, 2.75) is 32.7 Å². The Balaban J connectivity index is 2.07. The summed E-state index contributed by atoms with van der Waals surface area (Å²) in [5.41, 5.74) is 6.62. The van der Waals surface area contributed by atoms with Crippen molar-refractivity contribution in [3.63, 3.8) is 0 Å². The molecular formula is C13H18N2O2S. The maximum atomic E-state index is 11.9. The highest BCUT2D eigenvalue weighted by molar-refractivity contribution is 7.10. The minimum absolute atomic E-state index is 0.128. The highest BCUT2D eigenvalue weighted by atomic mass is 32.1. The Morgan fingerprint density at radius 3 is 3.06 bits per heavy atom. The lowest BCUT2D eigenvalue weighted by atomic mass is 9.97. The van der Waals surface area contributed by atoms with Gasteiger partial charge in [-0.25, -0.2) is 0 Å². The lowest BCUT2D eigenvalue weighted by Crippen LogP contribution is -2.43. The molecule has 98 valence electrons. The smallest absolute Gasteiger partial charge is 0.222 e. The Labute approximate surface area is 111 Å². The Kier molecular flexibility index (Phi) is 4.01. The van der Waals surface area contributed by atoms with Crippen LogP contribution in [0.4, 0.5) is 0 Å². The van der Waals surface area contributed by atoms with Gasteiger partial charge in [-0.3, -0.25) is 9.59 Å². The van der Waals surface area contributed by atoms with Crippen LogP contribution in [0.15, 0.2) is 11.4 Å². The average molecular weight is 266 g/mol. The zero-order valence-corrected chi connectivity index (χ0v) is 11.3. The van der Waals surface area contributed by atoms with Gasteiger partial charge in [-0.05, 0) is 29.9 Å². The van der Waals surface area contributed by atoms with E-state index in [-0.39, 0.29) is 17.7 Å². The molecule has 5 heteroatoms. The first-order chi connectivity index (χ1) is 8.61. The van der Waals surface area contributed by atoms with Crippen LogP contribution in [0.2, 0.25) is 0 Å². The molecule has 0 aromatic carbocycles. The zero-order chi connectivity index (χ0) is 13.1. The van der Waals surface area contributed by atoms with Crippen molar-refractivity contribution in [1.29, 1.82) is 0 Å². The number of nitrogens with two attached hydrogens (primary N) is 1. The first-order valence-electron chi connectivity index (χ1n) is 6.24. The molecule has 1 aromatic heterocycles. The number of nitrogens with zero attached hydrogens (tertiary/aromatic N) is 1.